The summed E-state index contributed by atoms with van der Waals surface area (Å²) in [6.45, 7) is 2.99. The quantitative estimate of drug-likeness (QED) is 0.774. The summed E-state index contributed by atoms with van der Waals surface area (Å²) < 4.78 is 6.54. The summed E-state index contributed by atoms with van der Waals surface area (Å²) >= 11 is 2.27. The smallest absolute Gasteiger partial charge is 0.159 e. The van der Waals surface area contributed by atoms with Gasteiger partial charge >= 0.3 is 0 Å². The number of nitrogens with two attached hydrogens (primary N) is 1. The van der Waals surface area contributed by atoms with E-state index in [1.54, 1.807) is 0 Å². The molecule has 1 fully saturated rings. The summed E-state index contributed by atoms with van der Waals surface area (Å²) in [5.74, 6) is 1.40. The lowest BCUT2D eigenvalue weighted by Crippen LogP contribution is -2.37. The maximum absolute atomic E-state index is 6.22. The first-order valence-electron chi connectivity index (χ1n) is 6.70. The van der Waals surface area contributed by atoms with Crippen LogP contribution in [-0.4, -0.2) is 36.3 Å². The van der Waals surface area contributed by atoms with Gasteiger partial charge in [-0.3, -0.25) is 0 Å². The number of halogens is 1. The van der Waals surface area contributed by atoms with Crippen molar-refractivity contribution in [1.29, 1.82) is 0 Å². The maximum atomic E-state index is 6.22. The molecule has 0 spiro atoms. The van der Waals surface area contributed by atoms with Crippen LogP contribution in [0, 0.1) is 3.57 Å². The zero-order valence-corrected chi connectivity index (χ0v) is 13.6. The predicted molar refractivity (Wildman–Crippen MR) is 91.9 cm³/mol. The van der Waals surface area contributed by atoms with E-state index in [0.717, 1.165) is 24.6 Å². The van der Waals surface area contributed by atoms with Crippen LogP contribution < -0.4 is 16.0 Å². The van der Waals surface area contributed by atoms with Crippen LogP contribution in [-0.2, 0) is 4.74 Å². The lowest BCUT2D eigenvalue weighted by atomic mass is 10.3. The van der Waals surface area contributed by atoms with Crippen molar-refractivity contribution in [3.8, 4) is 0 Å². The Balaban J connectivity index is 1.84. The number of benzene rings is 1. The number of aromatic nitrogens is 2. The van der Waals surface area contributed by atoms with Gasteiger partial charge in [0.15, 0.2) is 11.6 Å². The minimum atomic E-state index is 0.568. The Labute approximate surface area is 136 Å². The van der Waals surface area contributed by atoms with Gasteiger partial charge in [-0.2, -0.15) is 0 Å². The van der Waals surface area contributed by atoms with Crippen molar-refractivity contribution in [3.05, 3.63) is 34.2 Å². The van der Waals surface area contributed by atoms with Crippen molar-refractivity contribution in [2.45, 2.75) is 0 Å². The summed E-state index contributed by atoms with van der Waals surface area (Å²) in [6.07, 6.45) is 1.54. The molecule has 0 unspecified atom stereocenters. The first kappa shape index (κ1) is 14.3. The lowest BCUT2D eigenvalue weighted by molar-refractivity contribution is 0.122. The SMILES string of the molecule is Nc1c(Nc2ccc(I)cc2)ncnc1N1CCOCC1. The highest BCUT2D eigenvalue weighted by atomic mass is 127. The number of morpholine rings is 1. The predicted octanol–water partition coefficient (Wildman–Crippen LogP) is 2.24. The van der Waals surface area contributed by atoms with Gasteiger partial charge in [-0.05, 0) is 46.9 Å². The molecule has 1 aromatic heterocycles. The van der Waals surface area contributed by atoms with E-state index in [9.17, 15) is 0 Å². The van der Waals surface area contributed by atoms with Gasteiger partial charge in [-0.25, -0.2) is 9.97 Å². The van der Waals surface area contributed by atoms with E-state index in [1.165, 1.54) is 9.90 Å². The number of nitrogens with one attached hydrogen (secondary N) is 1. The van der Waals surface area contributed by atoms with Crippen molar-refractivity contribution in [2.24, 2.45) is 0 Å². The van der Waals surface area contributed by atoms with Crippen molar-refractivity contribution >= 4 is 45.6 Å². The fraction of sp³-hybridized carbons (Fsp3) is 0.286. The molecule has 3 N–H and O–H groups in total. The van der Waals surface area contributed by atoms with E-state index in [2.05, 4.69) is 42.8 Å². The maximum Gasteiger partial charge on any atom is 0.159 e. The van der Waals surface area contributed by atoms with Gasteiger partial charge in [0, 0.05) is 22.3 Å². The number of anilines is 4. The summed E-state index contributed by atoms with van der Waals surface area (Å²) in [5, 5.41) is 3.24. The largest absolute Gasteiger partial charge is 0.393 e. The average molecular weight is 397 g/mol. The molecular formula is C14H16IN5O. The van der Waals surface area contributed by atoms with Crippen LogP contribution in [0.2, 0.25) is 0 Å². The third-order valence-corrected chi connectivity index (χ3v) is 4.00. The first-order chi connectivity index (χ1) is 10.2. The average Bonchev–Trinajstić information content (AvgIpc) is 2.52. The van der Waals surface area contributed by atoms with Crippen LogP contribution in [0.4, 0.5) is 23.0 Å². The van der Waals surface area contributed by atoms with Crippen LogP contribution in [0.5, 0.6) is 0 Å². The Morgan fingerprint density at radius 2 is 1.86 bits per heavy atom. The zero-order chi connectivity index (χ0) is 14.7. The fourth-order valence-electron chi connectivity index (χ4n) is 2.18. The van der Waals surface area contributed by atoms with Crippen LogP contribution in [0.3, 0.4) is 0 Å². The molecule has 0 atom stereocenters. The van der Waals surface area contributed by atoms with Gasteiger partial charge in [0.05, 0.1) is 13.2 Å². The lowest BCUT2D eigenvalue weighted by Gasteiger charge is -2.28. The highest BCUT2D eigenvalue weighted by Gasteiger charge is 2.17. The van der Waals surface area contributed by atoms with Crippen molar-refractivity contribution in [1.82, 2.24) is 9.97 Å². The number of rotatable bonds is 3. The Hall–Kier alpha value is -1.61. The molecule has 110 valence electrons. The molecule has 2 aromatic rings. The molecule has 1 aliphatic heterocycles. The van der Waals surface area contributed by atoms with E-state index in [4.69, 9.17) is 10.5 Å². The van der Waals surface area contributed by atoms with Crippen LogP contribution in [0.25, 0.3) is 0 Å². The number of ether oxygens (including phenoxy) is 1. The molecule has 0 radical (unpaired) electrons. The van der Waals surface area contributed by atoms with Gasteiger partial charge < -0.3 is 20.7 Å². The molecule has 7 heteroatoms. The van der Waals surface area contributed by atoms with Crippen LogP contribution in [0.15, 0.2) is 30.6 Å². The minimum absolute atomic E-state index is 0.568. The van der Waals surface area contributed by atoms with E-state index in [1.807, 2.05) is 24.3 Å². The fourth-order valence-corrected chi connectivity index (χ4v) is 2.54. The molecule has 3 rings (SSSR count). The Morgan fingerprint density at radius 1 is 1.14 bits per heavy atom. The highest BCUT2D eigenvalue weighted by Crippen LogP contribution is 2.28. The van der Waals surface area contributed by atoms with E-state index in [0.29, 0.717) is 24.7 Å². The second-order valence-corrected chi connectivity index (χ2v) is 5.94. The third kappa shape index (κ3) is 3.35. The van der Waals surface area contributed by atoms with Crippen molar-refractivity contribution < 1.29 is 4.74 Å². The molecule has 0 amide bonds. The van der Waals surface area contributed by atoms with Crippen molar-refractivity contribution in [2.75, 3.05) is 42.3 Å². The number of hydrogen-bond donors (Lipinski definition) is 2. The van der Waals surface area contributed by atoms with Crippen LogP contribution >= 0.6 is 22.6 Å². The standard InChI is InChI=1S/C14H16IN5O/c15-10-1-3-11(4-2-10)19-13-12(16)14(18-9-17-13)20-5-7-21-8-6-20/h1-4,9H,5-8,16H2,(H,17,18,19). The van der Waals surface area contributed by atoms with Crippen molar-refractivity contribution in [3.63, 3.8) is 0 Å². The molecule has 0 saturated carbocycles. The monoisotopic (exact) mass is 397 g/mol. The topological polar surface area (TPSA) is 76.3 Å². The second kappa shape index (κ2) is 6.44. The number of hydrogen-bond acceptors (Lipinski definition) is 6. The molecule has 1 aromatic carbocycles. The van der Waals surface area contributed by atoms with Gasteiger partial charge in [-0.15, -0.1) is 0 Å². The summed E-state index contributed by atoms with van der Waals surface area (Å²) in [6, 6.07) is 8.06. The summed E-state index contributed by atoms with van der Waals surface area (Å²) in [4.78, 5) is 10.7. The Bertz CT molecular complexity index is 613. The number of nitrogen functional groups attached to an aromatic ring is 1. The molecule has 0 bridgehead atoms. The van der Waals surface area contributed by atoms with Gasteiger partial charge in [-0.1, -0.05) is 0 Å². The molecule has 0 aliphatic carbocycles. The third-order valence-electron chi connectivity index (χ3n) is 3.28. The van der Waals surface area contributed by atoms with Gasteiger partial charge in [0.25, 0.3) is 0 Å². The summed E-state index contributed by atoms with van der Waals surface area (Å²) in [7, 11) is 0. The molecular weight excluding hydrogens is 381 g/mol. The van der Waals surface area contributed by atoms with Gasteiger partial charge in [0.1, 0.15) is 12.0 Å². The first-order valence-corrected chi connectivity index (χ1v) is 7.77. The van der Waals surface area contributed by atoms with Crippen LogP contribution in [0.1, 0.15) is 0 Å². The molecule has 1 saturated heterocycles. The van der Waals surface area contributed by atoms with E-state index >= 15 is 0 Å². The minimum Gasteiger partial charge on any atom is -0.393 e. The molecule has 2 heterocycles. The molecule has 21 heavy (non-hydrogen) atoms. The second-order valence-electron chi connectivity index (χ2n) is 4.69. The highest BCUT2D eigenvalue weighted by molar-refractivity contribution is 14.1. The van der Waals surface area contributed by atoms with E-state index < -0.39 is 0 Å². The Morgan fingerprint density at radius 3 is 2.57 bits per heavy atom. The van der Waals surface area contributed by atoms with Gasteiger partial charge in [0.2, 0.25) is 0 Å². The molecule has 1 aliphatic rings. The zero-order valence-electron chi connectivity index (χ0n) is 11.4. The normalized spacial score (nSPS) is 15.0. The van der Waals surface area contributed by atoms with E-state index in [-0.39, 0.29) is 0 Å². The Kier molecular flexibility index (Phi) is 4.39. The molecule has 6 nitrogen and oxygen atoms in total. The number of nitrogens with zero attached hydrogens (tertiary/aromatic N) is 3. The summed E-state index contributed by atoms with van der Waals surface area (Å²) in [5.41, 5.74) is 7.74.